The largest absolute Gasteiger partial charge is 0.493 e. The number of aromatic nitrogens is 1. The number of hydrogen-bond donors (Lipinski definition) is 1. The Balaban J connectivity index is 1.63. The Bertz CT molecular complexity index is 857. The van der Waals surface area contributed by atoms with E-state index in [1.807, 2.05) is 36.4 Å². The molecular weight excluding hydrogens is 308 g/mol. The predicted octanol–water partition coefficient (Wildman–Crippen LogP) is 2.82. The van der Waals surface area contributed by atoms with Crippen LogP contribution in [-0.4, -0.2) is 31.8 Å². The van der Waals surface area contributed by atoms with E-state index >= 15 is 0 Å². The number of ether oxygens (including phenoxy) is 2. The summed E-state index contributed by atoms with van der Waals surface area (Å²) >= 11 is 0. The first-order chi connectivity index (χ1) is 11.7. The van der Waals surface area contributed by atoms with Crippen LogP contribution in [0.25, 0.3) is 11.0 Å². The Morgan fingerprint density at radius 1 is 1.12 bits per heavy atom. The molecule has 0 saturated carbocycles. The Morgan fingerprint density at radius 2 is 1.92 bits per heavy atom. The van der Waals surface area contributed by atoms with Gasteiger partial charge in [0.2, 0.25) is 0 Å². The van der Waals surface area contributed by atoms with E-state index in [1.54, 1.807) is 20.3 Å². The summed E-state index contributed by atoms with van der Waals surface area (Å²) in [6, 6.07) is 13.0. The summed E-state index contributed by atoms with van der Waals surface area (Å²) in [5.41, 5.74) is 1.94. The van der Waals surface area contributed by atoms with E-state index in [0.717, 1.165) is 5.56 Å². The first kappa shape index (κ1) is 15.9. The van der Waals surface area contributed by atoms with Gasteiger partial charge < -0.3 is 19.3 Å². The molecule has 0 aliphatic carbocycles. The number of nitrogens with one attached hydrogen (secondary N) is 1. The molecule has 1 aromatic heterocycles. The van der Waals surface area contributed by atoms with Crippen molar-refractivity contribution in [1.29, 1.82) is 0 Å². The van der Waals surface area contributed by atoms with Gasteiger partial charge in [0.25, 0.3) is 5.91 Å². The molecule has 1 N–H and O–H groups in total. The van der Waals surface area contributed by atoms with Crippen molar-refractivity contribution in [2.75, 3.05) is 20.8 Å². The normalized spacial score (nSPS) is 10.6. The number of carbonyl (C=O) groups is 1. The highest BCUT2D eigenvalue weighted by atomic mass is 16.5. The van der Waals surface area contributed by atoms with Gasteiger partial charge in [0.15, 0.2) is 22.8 Å². The van der Waals surface area contributed by atoms with Crippen molar-refractivity contribution in [2.24, 2.45) is 0 Å². The highest BCUT2D eigenvalue weighted by Crippen LogP contribution is 2.27. The predicted molar refractivity (Wildman–Crippen MR) is 89.6 cm³/mol. The molecular formula is C18H18N2O4. The zero-order chi connectivity index (χ0) is 16.9. The molecule has 1 amide bonds. The molecule has 0 radical (unpaired) electrons. The van der Waals surface area contributed by atoms with Crippen molar-refractivity contribution >= 4 is 16.9 Å². The lowest BCUT2D eigenvalue weighted by atomic mass is 10.1. The number of rotatable bonds is 6. The number of benzene rings is 2. The van der Waals surface area contributed by atoms with Gasteiger partial charge in [-0.25, -0.2) is 0 Å². The second-order valence-corrected chi connectivity index (χ2v) is 5.22. The van der Waals surface area contributed by atoms with Crippen LogP contribution in [0.1, 0.15) is 16.1 Å². The van der Waals surface area contributed by atoms with Crippen molar-refractivity contribution in [3.05, 3.63) is 53.7 Å². The Kier molecular flexibility index (Phi) is 4.65. The summed E-state index contributed by atoms with van der Waals surface area (Å²) in [5, 5.41) is 7.42. The van der Waals surface area contributed by atoms with E-state index in [4.69, 9.17) is 14.0 Å². The van der Waals surface area contributed by atoms with Gasteiger partial charge in [-0.1, -0.05) is 23.4 Å². The van der Waals surface area contributed by atoms with Crippen molar-refractivity contribution in [1.82, 2.24) is 10.5 Å². The Labute approximate surface area is 139 Å². The molecule has 6 heteroatoms. The van der Waals surface area contributed by atoms with E-state index in [2.05, 4.69) is 10.5 Å². The van der Waals surface area contributed by atoms with Crippen LogP contribution in [0.3, 0.4) is 0 Å². The molecule has 0 saturated heterocycles. The van der Waals surface area contributed by atoms with Gasteiger partial charge in [-0.3, -0.25) is 4.79 Å². The van der Waals surface area contributed by atoms with E-state index in [-0.39, 0.29) is 5.91 Å². The summed E-state index contributed by atoms with van der Waals surface area (Å²) in [5.74, 6) is 1.10. The SMILES string of the molecule is COc1ccc(CCNC(=O)c2noc3ccccc23)cc1OC. The van der Waals surface area contributed by atoms with Crippen molar-refractivity contribution < 1.29 is 18.8 Å². The number of para-hydroxylation sites is 1. The van der Waals surface area contributed by atoms with Crippen molar-refractivity contribution in [3.8, 4) is 11.5 Å². The highest BCUT2D eigenvalue weighted by Gasteiger charge is 2.15. The van der Waals surface area contributed by atoms with Gasteiger partial charge in [0.05, 0.1) is 19.6 Å². The Morgan fingerprint density at radius 3 is 2.71 bits per heavy atom. The number of fused-ring (bicyclic) bond motifs is 1. The minimum Gasteiger partial charge on any atom is -0.493 e. The maximum Gasteiger partial charge on any atom is 0.274 e. The average molecular weight is 326 g/mol. The quantitative estimate of drug-likeness (QED) is 0.754. The third kappa shape index (κ3) is 3.17. The lowest BCUT2D eigenvalue weighted by Gasteiger charge is -2.09. The summed E-state index contributed by atoms with van der Waals surface area (Å²) in [6.45, 7) is 0.482. The van der Waals surface area contributed by atoms with Gasteiger partial charge in [0, 0.05) is 6.54 Å². The summed E-state index contributed by atoms with van der Waals surface area (Å²) in [4.78, 5) is 12.3. The first-order valence-corrected chi connectivity index (χ1v) is 7.56. The third-order valence-corrected chi connectivity index (χ3v) is 3.74. The molecule has 0 atom stereocenters. The molecule has 0 fully saturated rings. The number of carbonyl (C=O) groups excluding carboxylic acids is 1. The van der Waals surface area contributed by atoms with Crippen molar-refractivity contribution in [3.63, 3.8) is 0 Å². The molecule has 1 heterocycles. The standard InChI is InChI=1S/C18H18N2O4/c1-22-15-8-7-12(11-16(15)23-2)9-10-19-18(21)17-13-5-3-4-6-14(13)24-20-17/h3-8,11H,9-10H2,1-2H3,(H,19,21). The Hall–Kier alpha value is -3.02. The topological polar surface area (TPSA) is 73.6 Å². The fraction of sp³-hybridized carbons (Fsp3) is 0.222. The average Bonchev–Trinajstić information content (AvgIpc) is 3.05. The number of amides is 1. The summed E-state index contributed by atoms with van der Waals surface area (Å²) in [7, 11) is 3.19. The zero-order valence-corrected chi connectivity index (χ0v) is 13.5. The molecule has 124 valence electrons. The zero-order valence-electron chi connectivity index (χ0n) is 13.5. The molecule has 24 heavy (non-hydrogen) atoms. The number of methoxy groups -OCH3 is 2. The number of hydrogen-bond acceptors (Lipinski definition) is 5. The molecule has 3 aromatic rings. The second-order valence-electron chi connectivity index (χ2n) is 5.22. The van der Waals surface area contributed by atoms with Crippen molar-refractivity contribution in [2.45, 2.75) is 6.42 Å². The highest BCUT2D eigenvalue weighted by molar-refractivity contribution is 6.03. The molecule has 0 aliphatic rings. The van der Waals surface area contributed by atoms with Gasteiger partial charge in [0.1, 0.15) is 0 Å². The molecule has 2 aromatic carbocycles. The minimum atomic E-state index is -0.250. The fourth-order valence-corrected chi connectivity index (χ4v) is 2.49. The van der Waals surface area contributed by atoms with Crippen LogP contribution in [0.2, 0.25) is 0 Å². The minimum absolute atomic E-state index is 0.250. The summed E-state index contributed by atoms with van der Waals surface area (Å²) in [6.07, 6.45) is 0.669. The van der Waals surface area contributed by atoms with Gasteiger partial charge >= 0.3 is 0 Å². The van der Waals surface area contributed by atoms with E-state index < -0.39 is 0 Å². The van der Waals surface area contributed by atoms with Crippen LogP contribution in [0.4, 0.5) is 0 Å². The molecule has 3 rings (SSSR count). The molecule has 0 spiro atoms. The van der Waals surface area contributed by atoms with Crippen LogP contribution in [-0.2, 0) is 6.42 Å². The van der Waals surface area contributed by atoms with E-state index in [1.165, 1.54) is 0 Å². The van der Waals surface area contributed by atoms with Gasteiger partial charge in [-0.05, 0) is 36.2 Å². The maximum atomic E-state index is 12.3. The first-order valence-electron chi connectivity index (χ1n) is 7.56. The second kappa shape index (κ2) is 7.04. The van der Waals surface area contributed by atoms with E-state index in [9.17, 15) is 4.79 Å². The smallest absolute Gasteiger partial charge is 0.274 e. The molecule has 0 aliphatic heterocycles. The monoisotopic (exact) mass is 326 g/mol. The van der Waals surface area contributed by atoms with Crippen LogP contribution >= 0.6 is 0 Å². The lowest BCUT2D eigenvalue weighted by molar-refractivity contribution is 0.0947. The molecule has 0 bridgehead atoms. The van der Waals surface area contributed by atoms with Crippen LogP contribution < -0.4 is 14.8 Å². The van der Waals surface area contributed by atoms with Gasteiger partial charge in [-0.15, -0.1) is 0 Å². The fourth-order valence-electron chi connectivity index (χ4n) is 2.49. The van der Waals surface area contributed by atoms with Crippen LogP contribution in [0, 0.1) is 0 Å². The summed E-state index contributed by atoms with van der Waals surface area (Å²) < 4.78 is 15.6. The van der Waals surface area contributed by atoms with Crippen LogP contribution in [0.5, 0.6) is 11.5 Å². The molecule has 6 nitrogen and oxygen atoms in total. The third-order valence-electron chi connectivity index (χ3n) is 3.74. The van der Waals surface area contributed by atoms with E-state index in [0.29, 0.717) is 41.1 Å². The molecule has 0 unspecified atom stereocenters. The maximum absolute atomic E-state index is 12.3. The lowest BCUT2D eigenvalue weighted by Crippen LogP contribution is -2.26. The number of nitrogens with zero attached hydrogens (tertiary/aromatic N) is 1. The van der Waals surface area contributed by atoms with Gasteiger partial charge in [-0.2, -0.15) is 0 Å². The van der Waals surface area contributed by atoms with Crippen LogP contribution in [0.15, 0.2) is 47.0 Å².